The average Bonchev–Trinajstić information content (AvgIpc) is 2.82. The zero-order valence-electron chi connectivity index (χ0n) is 10.1. The largest absolute Gasteiger partial charge is 0.382 e. The molecule has 2 aromatic heterocycles. The number of nitrogen functional groups attached to an aromatic ring is 1. The van der Waals surface area contributed by atoms with Gasteiger partial charge < -0.3 is 5.73 Å². The van der Waals surface area contributed by atoms with E-state index in [4.69, 9.17) is 11.1 Å². The van der Waals surface area contributed by atoms with Crippen molar-refractivity contribution in [3.63, 3.8) is 0 Å². The zero-order chi connectivity index (χ0) is 12.5. The molecule has 18 heavy (non-hydrogen) atoms. The van der Waals surface area contributed by atoms with E-state index in [1.165, 1.54) is 24.2 Å². The van der Waals surface area contributed by atoms with Gasteiger partial charge in [-0.3, -0.25) is 9.98 Å². The number of pyridine rings is 1. The van der Waals surface area contributed by atoms with Crippen molar-refractivity contribution in [2.24, 2.45) is 5.73 Å². The number of rotatable bonds is 2. The second-order valence-corrected chi connectivity index (χ2v) is 4.51. The summed E-state index contributed by atoms with van der Waals surface area (Å²) in [7, 11) is 0. The first-order chi connectivity index (χ1) is 8.75. The number of nitrogens with one attached hydrogen (secondary N) is 1. The van der Waals surface area contributed by atoms with E-state index in [-0.39, 0.29) is 5.84 Å². The van der Waals surface area contributed by atoms with Crippen LogP contribution in [-0.4, -0.2) is 20.4 Å². The number of nitrogens with zero attached hydrogens (tertiary/aromatic N) is 3. The third-order valence-electron chi connectivity index (χ3n) is 3.29. The molecule has 1 aliphatic rings. The van der Waals surface area contributed by atoms with Crippen LogP contribution in [0.25, 0.3) is 5.82 Å². The Morgan fingerprint density at radius 1 is 1.28 bits per heavy atom. The highest BCUT2D eigenvalue weighted by Crippen LogP contribution is 2.22. The Kier molecular flexibility index (Phi) is 2.59. The van der Waals surface area contributed by atoms with E-state index in [1.54, 1.807) is 6.07 Å². The van der Waals surface area contributed by atoms with Crippen molar-refractivity contribution < 1.29 is 0 Å². The van der Waals surface area contributed by atoms with Crippen LogP contribution in [0.3, 0.4) is 0 Å². The molecule has 0 radical (unpaired) electrons. The standard InChI is InChI=1S/C13H15N5/c14-13(15)10-5-3-7-12(17-10)18-8-16-9-4-1-2-6-11(9)18/h3,5,7-8H,1-2,4,6H2,(H3,14,15). The third kappa shape index (κ3) is 1.77. The summed E-state index contributed by atoms with van der Waals surface area (Å²) in [4.78, 5) is 8.84. The molecular weight excluding hydrogens is 226 g/mol. The number of amidine groups is 1. The van der Waals surface area contributed by atoms with Crippen LogP contribution >= 0.6 is 0 Å². The molecule has 0 amide bonds. The molecule has 0 aliphatic heterocycles. The van der Waals surface area contributed by atoms with Crippen molar-refractivity contribution >= 4 is 5.84 Å². The lowest BCUT2D eigenvalue weighted by molar-refractivity contribution is 0.654. The van der Waals surface area contributed by atoms with Crippen molar-refractivity contribution in [3.05, 3.63) is 41.6 Å². The van der Waals surface area contributed by atoms with Crippen molar-refractivity contribution in [3.8, 4) is 5.82 Å². The van der Waals surface area contributed by atoms with Gasteiger partial charge in [0.05, 0.1) is 5.69 Å². The third-order valence-corrected chi connectivity index (χ3v) is 3.29. The molecule has 0 saturated carbocycles. The molecule has 3 rings (SSSR count). The number of aromatic nitrogens is 3. The first-order valence-corrected chi connectivity index (χ1v) is 6.12. The number of fused-ring (bicyclic) bond motifs is 1. The summed E-state index contributed by atoms with van der Waals surface area (Å²) in [6, 6.07) is 5.53. The van der Waals surface area contributed by atoms with Crippen molar-refractivity contribution in [1.82, 2.24) is 14.5 Å². The molecule has 0 aromatic carbocycles. The van der Waals surface area contributed by atoms with Crippen molar-refractivity contribution in [2.75, 3.05) is 0 Å². The van der Waals surface area contributed by atoms with Gasteiger partial charge in [-0.05, 0) is 37.8 Å². The highest BCUT2D eigenvalue weighted by molar-refractivity contribution is 5.93. The van der Waals surface area contributed by atoms with Crippen LogP contribution in [-0.2, 0) is 12.8 Å². The molecule has 0 spiro atoms. The molecule has 0 fully saturated rings. The highest BCUT2D eigenvalue weighted by Gasteiger charge is 2.16. The van der Waals surface area contributed by atoms with E-state index in [9.17, 15) is 0 Å². The second kappa shape index (κ2) is 4.25. The van der Waals surface area contributed by atoms with Gasteiger partial charge >= 0.3 is 0 Å². The summed E-state index contributed by atoms with van der Waals surface area (Å²) in [6.45, 7) is 0. The molecule has 0 saturated heterocycles. The van der Waals surface area contributed by atoms with Crippen LogP contribution in [0.2, 0.25) is 0 Å². The number of hydrogen-bond acceptors (Lipinski definition) is 3. The zero-order valence-corrected chi connectivity index (χ0v) is 10.1. The maximum Gasteiger partial charge on any atom is 0.141 e. The molecule has 2 heterocycles. The Morgan fingerprint density at radius 3 is 2.94 bits per heavy atom. The fourth-order valence-corrected chi connectivity index (χ4v) is 2.37. The van der Waals surface area contributed by atoms with Crippen LogP contribution in [0.1, 0.15) is 29.9 Å². The molecule has 5 nitrogen and oxygen atoms in total. The Balaban J connectivity index is 2.07. The number of hydrogen-bond donors (Lipinski definition) is 2. The number of imidazole rings is 1. The predicted octanol–water partition coefficient (Wildman–Crippen LogP) is 1.43. The monoisotopic (exact) mass is 241 g/mol. The van der Waals surface area contributed by atoms with Crippen molar-refractivity contribution in [2.45, 2.75) is 25.7 Å². The Bertz CT molecular complexity index is 599. The summed E-state index contributed by atoms with van der Waals surface area (Å²) in [5, 5.41) is 7.44. The Morgan fingerprint density at radius 2 is 2.11 bits per heavy atom. The molecule has 2 aromatic rings. The molecule has 0 atom stereocenters. The quantitative estimate of drug-likeness (QED) is 0.616. The normalized spacial score (nSPS) is 14.2. The number of aryl methyl sites for hydroxylation is 1. The minimum absolute atomic E-state index is 0.00849. The summed E-state index contributed by atoms with van der Waals surface area (Å²) < 4.78 is 2.01. The average molecular weight is 241 g/mol. The lowest BCUT2D eigenvalue weighted by Gasteiger charge is -2.13. The fourth-order valence-electron chi connectivity index (χ4n) is 2.37. The van der Waals surface area contributed by atoms with Gasteiger partial charge in [-0.1, -0.05) is 6.07 Å². The molecular formula is C13H15N5. The Hall–Kier alpha value is -2.17. The topological polar surface area (TPSA) is 80.6 Å². The van der Waals surface area contributed by atoms with Crippen molar-refractivity contribution in [1.29, 1.82) is 5.41 Å². The lowest BCUT2D eigenvalue weighted by Crippen LogP contribution is -2.15. The molecule has 1 aliphatic carbocycles. The lowest BCUT2D eigenvalue weighted by atomic mass is 10.0. The van der Waals surface area contributed by atoms with Gasteiger partial charge in [0.1, 0.15) is 23.7 Å². The van der Waals surface area contributed by atoms with Crippen LogP contribution in [0, 0.1) is 5.41 Å². The van der Waals surface area contributed by atoms with E-state index < -0.39 is 0 Å². The predicted molar refractivity (Wildman–Crippen MR) is 69.0 cm³/mol. The fraction of sp³-hybridized carbons (Fsp3) is 0.308. The number of nitrogens with two attached hydrogens (primary N) is 1. The maximum atomic E-state index is 7.44. The van der Waals surface area contributed by atoms with Gasteiger partial charge in [0.15, 0.2) is 0 Å². The minimum atomic E-state index is -0.00849. The first kappa shape index (κ1) is 11.0. The summed E-state index contributed by atoms with van der Waals surface area (Å²) in [5.41, 5.74) is 8.40. The van der Waals surface area contributed by atoms with Gasteiger partial charge in [0.2, 0.25) is 0 Å². The van der Waals surface area contributed by atoms with Gasteiger partial charge in [-0.25, -0.2) is 9.97 Å². The highest BCUT2D eigenvalue weighted by atomic mass is 15.1. The summed E-state index contributed by atoms with van der Waals surface area (Å²) in [6.07, 6.45) is 6.33. The van der Waals surface area contributed by atoms with Gasteiger partial charge in [0, 0.05) is 5.69 Å². The van der Waals surface area contributed by atoms with E-state index in [2.05, 4.69) is 9.97 Å². The van der Waals surface area contributed by atoms with E-state index in [0.29, 0.717) is 5.69 Å². The summed E-state index contributed by atoms with van der Waals surface area (Å²) in [5.74, 6) is 0.782. The maximum absolute atomic E-state index is 7.44. The Labute approximate surface area is 105 Å². The molecule has 92 valence electrons. The molecule has 0 bridgehead atoms. The minimum Gasteiger partial charge on any atom is -0.382 e. The molecule has 0 unspecified atom stereocenters. The van der Waals surface area contributed by atoms with E-state index in [1.807, 2.05) is 23.0 Å². The molecule has 3 N–H and O–H groups in total. The SMILES string of the molecule is N=C(N)c1cccc(-n2cnc3c2CCCC3)n1. The second-order valence-electron chi connectivity index (χ2n) is 4.51. The van der Waals surface area contributed by atoms with Gasteiger partial charge in [-0.15, -0.1) is 0 Å². The van der Waals surface area contributed by atoms with E-state index in [0.717, 1.165) is 18.7 Å². The molecule has 5 heteroatoms. The van der Waals surface area contributed by atoms with Gasteiger partial charge in [-0.2, -0.15) is 0 Å². The summed E-state index contributed by atoms with van der Waals surface area (Å²) >= 11 is 0. The van der Waals surface area contributed by atoms with Gasteiger partial charge in [0.25, 0.3) is 0 Å². The smallest absolute Gasteiger partial charge is 0.141 e. The van der Waals surface area contributed by atoms with Crippen LogP contribution < -0.4 is 5.73 Å². The van der Waals surface area contributed by atoms with Crippen LogP contribution in [0.15, 0.2) is 24.5 Å². The first-order valence-electron chi connectivity index (χ1n) is 6.12. The van der Waals surface area contributed by atoms with Crippen LogP contribution in [0.4, 0.5) is 0 Å². The van der Waals surface area contributed by atoms with E-state index >= 15 is 0 Å². The van der Waals surface area contributed by atoms with Crippen LogP contribution in [0.5, 0.6) is 0 Å².